The van der Waals surface area contributed by atoms with E-state index in [9.17, 15) is 18.0 Å². The lowest BCUT2D eigenvalue weighted by Crippen LogP contribution is -2.26. The molecule has 1 unspecified atom stereocenters. The van der Waals surface area contributed by atoms with Crippen LogP contribution in [-0.4, -0.2) is 21.9 Å². The summed E-state index contributed by atoms with van der Waals surface area (Å²) in [6.07, 6.45) is -4.61. The van der Waals surface area contributed by atoms with E-state index < -0.39 is 24.5 Å². The topological polar surface area (TPSA) is 96.7 Å². The van der Waals surface area contributed by atoms with Crippen molar-refractivity contribution in [1.29, 1.82) is 5.26 Å². The van der Waals surface area contributed by atoms with Crippen molar-refractivity contribution in [2.45, 2.75) is 18.6 Å². The molecule has 0 aliphatic heterocycles. The molecule has 1 amide bonds. The molecule has 0 saturated carbocycles. The summed E-state index contributed by atoms with van der Waals surface area (Å²) in [5.74, 6) is -1.02. The van der Waals surface area contributed by atoms with Crippen molar-refractivity contribution < 1.29 is 18.0 Å². The number of nitrogens with one attached hydrogen (secondary N) is 1. The Labute approximate surface area is 129 Å². The summed E-state index contributed by atoms with van der Waals surface area (Å²) >= 11 is 0. The molecule has 2 rings (SSSR count). The highest BCUT2D eigenvalue weighted by Crippen LogP contribution is 2.34. The number of alkyl halides is 3. The Kier molecular flexibility index (Phi) is 4.55. The maximum atomic E-state index is 13.0. The first kappa shape index (κ1) is 16.4. The molecule has 9 heteroatoms. The predicted molar refractivity (Wildman–Crippen MR) is 75.8 cm³/mol. The van der Waals surface area contributed by atoms with Gasteiger partial charge in [-0.25, -0.2) is 0 Å². The Balaban J connectivity index is 2.42. The molecule has 0 radical (unpaired) electrons. The van der Waals surface area contributed by atoms with E-state index in [2.05, 4.69) is 10.4 Å². The molecule has 120 valence electrons. The van der Waals surface area contributed by atoms with E-state index in [0.717, 1.165) is 6.20 Å². The smallest absolute Gasteiger partial charge is 0.365 e. The van der Waals surface area contributed by atoms with Crippen molar-refractivity contribution in [2.24, 2.45) is 5.73 Å². The zero-order valence-corrected chi connectivity index (χ0v) is 11.7. The number of halogens is 3. The molecule has 0 saturated heterocycles. The highest BCUT2D eigenvalue weighted by atomic mass is 19.4. The number of carbonyl (C=O) groups excluding carboxylic acids is 1. The number of amides is 1. The number of rotatable bonds is 5. The fourth-order valence-corrected chi connectivity index (χ4v) is 1.93. The molecule has 0 aliphatic carbocycles. The molecule has 2 aromatic rings. The fourth-order valence-electron chi connectivity index (χ4n) is 1.93. The minimum Gasteiger partial charge on any atom is -0.365 e. The lowest BCUT2D eigenvalue weighted by Gasteiger charge is -2.17. The molecule has 1 aromatic heterocycles. The van der Waals surface area contributed by atoms with Gasteiger partial charge in [0.25, 0.3) is 5.91 Å². The number of nitriles is 1. The molecule has 0 fully saturated rings. The zero-order valence-electron chi connectivity index (χ0n) is 11.7. The SMILES string of the molecule is N#CCC(n1cc(C(N)=O)c(Nc2ccccc2)n1)C(F)(F)F. The Morgan fingerprint density at radius 1 is 1.39 bits per heavy atom. The van der Waals surface area contributed by atoms with Crippen LogP contribution in [0.15, 0.2) is 36.5 Å². The van der Waals surface area contributed by atoms with Gasteiger partial charge in [-0.2, -0.15) is 23.5 Å². The van der Waals surface area contributed by atoms with Gasteiger partial charge in [0.05, 0.1) is 12.5 Å². The summed E-state index contributed by atoms with van der Waals surface area (Å²) in [7, 11) is 0. The number of carbonyl (C=O) groups is 1. The highest BCUT2D eigenvalue weighted by molar-refractivity contribution is 5.98. The van der Waals surface area contributed by atoms with E-state index in [0.29, 0.717) is 10.4 Å². The van der Waals surface area contributed by atoms with Crippen LogP contribution in [0, 0.1) is 11.3 Å². The Hall–Kier alpha value is -3.02. The molecule has 0 spiro atoms. The van der Waals surface area contributed by atoms with Crippen molar-refractivity contribution in [3.8, 4) is 6.07 Å². The van der Waals surface area contributed by atoms with Crippen LogP contribution in [0.2, 0.25) is 0 Å². The lowest BCUT2D eigenvalue weighted by atomic mass is 10.2. The Bertz CT molecular complexity index is 733. The number of benzene rings is 1. The number of hydrogen-bond acceptors (Lipinski definition) is 4. The lowest BCUT2D eigenvalue weighted by molar-refractivity contribution is -0.168. The van der Waals surface area contributed by atoms with Crippen LogP contribution >= 0.6 is 0 Å². The van der Waals surface area contributed by atoms with Gasteiger partial charge in [-0.1, -0.05) is 18.2 Å². The minimum atomic E-state index is -4.68. The van der Waals surface area contributed by atoms with Crippen molar-refractivity contribution >= 4 is 17.4 Å². The number of para-hydroxylation sites is 1. The number of anilines is 2. The molecule has 1 aromatic carbocycles. The number of nitrogens with zero attached hydrogens (tertiary/aromatic N) is 3. The van der Waals surface area contributed by atoms with Crippen molar-refractivity contribution in [3.05, 3.63) is 42.1 Å². The Morgan fingerprint density at radius 3 is 2.57 bits per heavy atom. The van der Waals surface area contributed by atoms with E-state index in [4.69, 9.17) is 11.0 Å². The molecule has 0 aliphatic rings. The van der Waals surface area contributed by atoms with E-state index in [1.54, 1.807) is 30.3 Å². The maximum absolute atomic E-state index is 13.0. The van der Waals surface area contributed by atoms with Crippen LogP contribution in [0.3, 0.4) is 0 Å². The second kappa shape index (κ2) is 6.39. The molecule has 6 nitrogen and oxygen atoms in total. The second-order valence-corrected chi connectivity index (χ2v) is 4.65. The predicted octanol–water partition coefficient (Wildman–Crippen LogP) is 2.74. The summed E-state index contributed by atoms with van der Waals surface area (Å²) in [5.41, 5.74) is 5.52. The van der Waals surface area contributed by atoms with Crippen molar-refractivity contribution in [2.75, 3.05) is 5.32 Å². The van der Waals surface area contributed by atoms with Crippen LogP contribution in [-0.2, 0) is 0 Å². The van der Waals surface area contributed by atoms with Gasteiger partial charge in [-0.3, -0.25) is 9.48 Å². The average molecular weight is 323 g/mol. The van der Waals surface area contributed by atoms with Crippen molar-refractivity contribution in [3.63, 3.8) is 0 Å². The van der Waals surface area contributed by atoms with E-state index in [1.165, 1.54) is 6.07 Å². The van der Waals surface area contributed by atoms with Crippen LogP contribution in [0.1, 0.15) is 22.8 Å². The molecule has 1 heterocycles. The first-order valence-electron chi connectivity index (χ1n) is 6.47. The molecule has 23 heavy (non-hydrogen) atoms. The summed E-state index contributed by atoms with van der Waals surface area (Å²) in [5, 5.41) is 15.1. The molecule has 0 bridgehead atoms. The van der Waals surface area contributed by atoms with E-state index in [-0.39, 0.29) is 11.4 Å². The van der Waals surface area contributed by atoms with Gasteiger partial charge in [-0.15, -0.1) is 0 Å². The van der Waals surface area contributed by atoms with Crippen LogP contribution < -0.4 is 11.1 Å². The molecular weight excluding hydrogens is 311 g/mol. The standard InChI is InChI=1S/C14H12F3N5O/c15-14(16,17)11(6-7-18)22-8-10(12(19)23)13(21-22)20-9-4-2-1-3-5-9/h1-5,8,11H,6H2,(H2,19,23)(H,20,21). The molecular formula is C14H12F3N5O. The molecule has 3 N–H and O–H groups in total. The summed E-state index contributed by atoms with van der Waals surface area (Å²) < 4.78 is 39.6. The maximum Gasteiger partial charge on any atom is 0.411 e. The third-order valence-electron chi connectivity index (χ3n) is 3.02. The second-order valence-electron chi connectivity index (χ2n) is 4.65. The first-order valence-corrected chi connectivity index (χ1v) is 6.47. The van der Waals surface area contributed by atoms with E-state index in [1.807, 2.05) is 0 Å². The van der Waals surface area contributed by atoms with Gasteiger partial charge in [0.1, 0.15) is 5.56 Å². The number of nitrogens with two attached hydrogens (primary N) is 1. The van der Waals surface area contributed by atoms with Gasteiger partial charge in [-0.05, 0) is 12.1 Å². The number of primary amides is 1. The highest BCUT2D eigenvalue weighted by Gasteiger charge is 2.42. The zero-order chi connectivity index (χ0) is 17.0. The quantitative estimate of drug-likeness (QED) is 0.884. The van der Waals surface area contributed by atoms with Crippen LogP contribution in [0.25, 0.3) is 0 Å². The fraction of sp³-hybridized carbons (Fsp3) is 0.214. The largest absolute Gasteiger partial charge is 0.411 e. The number of aromatic nitrogens is 2. The summed E-state index contributed by atoms with van der Waals surface area (Å²) in [6, 6.07) is 7.78. The van der Waals surface area contributed by atoms with E-state index >= 15 is 0 Å². The first-order chi connectivity index (χ1) is 10.8. The van der Waals surface area contributed by atoms with Gasteiger partial charge < -0.3 is 11.1 Å². The normalized spacial score (nSPS) is 12.4. The van der Waals surface area contributed by atoms with Gasteiger partial charge in [0, 0.05) is 11.9 Å². The van der Waals surface area contributed by atoms with Crippen molar-refractivity contribution in [1.82, 2.24) is 9.78 Å². The van der Waals surface area contributed by atoms with Crippen LogP contribution in [0.5, 0.6) is 0 Å². The van der Waals surface area contributed by atoms with Gasteiger partial charge >= 0.3 is 6.18 Å². The van der Waals surface area contributed by atoms with Crippen LogP contribution in [0.4, 0.5) is 24.7 Å². The van der Waals surface area contributed by atoms with Gasteiger partial charge in [0.15, 0.2) is 11.9 Å². The third kappa shape index (κ3) is 3.79. The third-order valence-corrected chi connectivity index (χ3v) is 3.02. The van der Waals surface area contributed by atoms with Gasteiger partial charge in [0.2, 0.25) is 0 Å². The summed E-state index contributed by atoms with van der Waals surface area (Å²) in [4.78, 5) is 11.4. The minimum absolute atomic E-state index is 0.101. The number of hydrogen-bond donors (Lipinski definition) is 2. The monoisotopic (exact) mass is 323 g/mol. The average Bonchev–Trinajstić information content (AvgIpc) is 2.88. The Morgan fingerprint density at radius 2 is 2.04 bits per heavy atom. The molecule has 1 atom stereocenters. The summed E-state index contributed by atoms with van der Waals surface area (Å²) in [6.45, 7) is 0.